The van der Waals surface area contributed by atoms with E-state index in [-0.39, 0.29) is 0 Å². The predicted octanol–water partition coefficient (Wildman–Crippen LogP) is 2.45. The van der Waals surface area contributed by atoms with Gasteiger partial charge in [0.15, 0.2) is 0 Å². The van der Waals surface area contributed by atoms with E-state index in [1.165, 1.54) is 17.5 Å². The zero-order valence-corrected chi connectivity index (χ0v) is 12.7. The molecule has 112 valence electrons. The number of nitrogens with zero attached hydrogens (tertiary/aromatic N) is 1. The van der Waals surface area contributed by atoms with E-state index in [1.54, 1.807) is 0 Å². The van der Waals surface area contributed by atoms with Gasteiger partial charge < -0.3 is 10.1 Å². The first-order valence-electron chi connectivity index (χ1n) is 7.97. The molecule has 0 radical (unpaired) electrons. The highest BCUT2D eigenvalue weighted by Gasteiger charge is 2.09. The molecule has 1 N–H and O–H groups in total. The third-order valence-electron chi connectivity index (χ3n) is 3.76. The van der Waals surface area contributed by atoms with E-state index >= 15 is 0 Å². The molecule has 1 aromatic carbocycles. The van der Waals surface area contributed by atoms with Gasteiger partial charge in [0.05, 0.1) is 6.61 Å². The van der Waals surface area contributed by atoms with Gasteiger partial charge in [-0.05, 0) is 43.5 Å². The van der Waals surface area contributed by atoms with Gasteiger partial charge in [-0.3, -0.25) is 4.90 Å². The molecule has 1 aliphatic rings. The average molecular weight is 276 g/mol. The van der Waals surface area contributed by atoms with Crippen LogP contribution in [0.2, 0.25) is 0 Å². The van der Waals surface area contributed by atoms with Crippen molar-refractivity contribution in [2.45, 2.75) is 32.7 Å². The van der Waals surface area contributed by atoms with Crippen molar-refractivity contribution in [1.82, 2.24) is 10.2 Å². The van der Waals surface area contributed by atoms with E-state index in [2.05, 4.69) is 41.4 Å². The molecule has 1 saturated heterocycles. The van der Waals surface area contributed by atoms with Crippen LogP contribution in [0.25, 0.3) is 0 Å². The van der Waals surface area contributed by atoms with Gasteiger partial charge in [-0.1, -0.05) is 31.2 Å². The number of benzene rings is 1. The minimum Gasteiger partial charge on any atom is -0.380 e. The first kappa shape index (κ1) is 15.5. The van der Waals surface area contributed by atoms with Crippen LogP contribution in [0.4, 0.5) is 0 Å². The Kier molecular flexibility index (Phi) is 7.06. The monoisotopic (exact) mass is 276 g/mol. The van der Waals surface area contributed by atoms with Gasteiger partial charge in [0.1, 0.15) is 0 Å². The molecular weight excluding hydrogens is 248 g/mol. The lowest BCUT2D eigenvalue weighted by Crippen LogP contribution is -2.25. The van der Waals surface area contributed by atoms with E-state index in [1.807, 2.05) is 0 Å². The lowest BCUT2D eigenvalue weighted by atomic mass is 10.1. The second kappa shape index (κ2) is 9.11. The summed E-state index contributed by atoms with van der Waals surface area (Å²) in [5.41, 5.74) is 2.84. The van der Waals surface area contributed by atoms with Gasteiger partial charge in [-0.15, -0.1) is 0 Å². The summed E-state index contributed by atoms with van der Waals surface area (Å²) in [6, 6.07) is 9.11. The molecule has 0 saturated carbocycles. The molecule has 0 amide bonds. The van der Waals surface area contributed by atoms with E-state index < -0.39 is 0 Å². The van der Waals surface area contributed by atoms with Gasteiger partial charge in [-0.2, -0.15) is 0 Å². The number of ether oxygens (including phenoxy) is 1. The van der Waals surface area contributed by atoms with Crippen molar-refractivity contribution in [2.75, 3.05) is 39.4 Å². The largest absolute Gasteiger partial charge is 0.380 e. The summed E-state index contributed by atoms with van der Waals surface area (Å²) in [6.45, 7) is 9.46. The van der Waals surface area contributed by atoms with Crippen LogP contribution < -0.4 is 5.32 Å². The van der Waals surface area contributed by atoms with Crippen LogP contribution in [-0.2, 0) is 17.7 Å². The van der Waals surface area contributed by atoms with Gasteiger partial charge in [0, 0.05) is 26.2 Å². The van der Waals surface area contributed by atoms with E-state index in [4.69, 9.17) is 4.74 Å². The average Bonchev–Trinajstić information content (AvgIpc) is 2.74. The third-order valence-corrected chi connectivity index (χ3v) is 3.76. The quantitative estimate of drug-likeness (QED) is 0.774. The molecule has 1 heterocycles. The summed E-state index contributed by atoms with van der Waals surface area (Å²) in [5, 5.41) is 3.45. The summed E-state index contributed by atoms with van der Waals surface area (Å²) in [5.74, 6) is 0. The Morgan fingerprint density at radius 2 is 1.85 bits per heavy atom. The molecule has 1 aromatic rings. The standard InChI is InChI=1S/C17H28N2O/c1-2-9-18-10-8-16-4-6-17(7-5-16)15-19-11-3-13-20-14-12-19/h4-7,18H,2-3,8-15H2,1H3. The molecule has 0 spiro atoms. The molecule has 0 bridgehead atoms. The minimum absolute atomic E-state index is 0.876. The predicted molar refractivity (Wildman–Crippen MR) is 84.0 cm³/mol. The number of hydrogen-bond donors (Lipinski definition) is 1. The summed E-state index contributed by atoms with van der Waals surface area (Å²) in [7, 11) is 0. The fraction of sp³-hybridized carbons (Fsp3) is 0.647. The van der Waals surface area contributed by atoms with Crippen LogP contribution in [0, 0.1) is 0 Å². The van der Waals surface area contributed by atoms with Crippen LogP contribution in [0.15, 0.2) is 24.3 Å². The fourth-order valence-electron chi connectivity index (χ4n) is 2.56. The Morgan fingerprint density at radius 3 is 2.65 bits per heavy atom. The highest BCUT2D eigenvalue weighted by Crippen LogP contribution is 2.10. The van der Waals surface area contributed by atoms with Crippen molar-refractivity contribution in [1.29, 1.82) is 0 Å². The molecule has 3 heteroatoms. The molecule has 1 fully saturated rings. The van der Waals surface area contributed by atoms with Crippen LogP contribution in [0.5, 0.6) is 0 Å². The van der Waals surface area contributed by atoms with Crippen molar-refractivity contribution in [2.24, 2.45) is 0 Å². The third kappa shape index (κ3) is 5.61. The maximum Gasteiger partial charge on any atom is 0.0593 e. The lowest BCUT2D eigenvalue weighted by Gasteiger charge is -2.19. The molecule has 0 aliphatic carbocycles. The molecule has 2 rings (SSSR count). The van der Waals surface area contributed by atoms with Crippen LogP contribution in [-0.4, -0.2) is 44.3 Å². The van der Waals surface area contributed by atoms with Crippen molar-refractivity contribution in [3.05, 3.63) is 35.4 Å². The highest BCUT2D eigenvalue weighted by molar-refractivity contribution is 5.22. The Balaban J connectivity index is 1.75. The number of hydrogen-bond acceptors (Lipinski definition) is 3. The second-order valence-corrected chi connectivity index (χ2v) is 5.56. The molecule has 0 atom stereocenters. The Labute approximate surface area is 123 Å². The van der Waals surface area contributed by atoms with Crippen molar-refractivity contribution in [3.8, 4) is 0 Å². The van der Waals surface area contributed by atoms with Crippen molar-refractivity contribution in [3.63, 3.8) is 0 Å². The molecule has 0 aromatic heterocycles. The summed E-state index contributed by atoms with van der Waals surface area (Å²) in [6.07, 6.45) is 3.48. The first-order chi connectivity index (χ1) is 9.88. The normalized spacial score (nSPS) is 17.1. The van der Waals surface area contributed by atoms with Gasteiger partial charge >= 0.3 is 0 Å². The second-order valence-electron chi connectivity index (χ2n) is 5.56. The van der Waals surface area contributed by atoms with Crippen LogP contribution >= 0.6 is 0 Å². The Bertz CT molecular complexity index is 356. The van der Waals surface area contributed by atoms with Crippen molar-refractivity contribution < 1.29 is 4.74 Å². The SMILES string of the molecule is CCCNCCc1ccc(CN2CCCOCC2)cc1. The molecular formula is C17H28N2O. The summed E-state index contributed by atoms with van der Waals surface area (Å²) >= 11 is 0. The van der Waals surface area contributed by atoms with E-state index in [0.29, 0.717) is 0 Å². The van der Waals surface area contributed by atoms with Gasteiger partial charge in [0.2, 0.25) is 0 Å². The van der Waals surface area contributed by atoms with E-state index in [0.717, 1.165) is 58.8 Å². The maximum absolute atomic E-state index is 5.50. The van der Waals surface area contributed by atoms with Crippen LogP contribution in [0.3, 0.4) is 0 Å². The topological polar surface area (TPSA) is 24.5 Å². The number of nitrogens with one attached hydrogen (secondary N) is 1. The molecule has 0 unspecified atom stereocenters. The smallest absolute Gasteiger partial charge is 0.0593 e. The first-order valence-corrected chi connectivity index (χ1v) is 7.97. The molecule has 20 heavy (non-hydrogen) atoms. The minimum atomic E-state index is 0.876. The Morgan fingerprint density at radius 1 is 1.05 bits per heavy atom. The Hall–Kier alpha value is -0.900. The maximum atomic E-state index is 5.50. The summed E-state index contributed by atoms with van der Waals surface area (Å²) in [4.78, 5) is 2.49. The van der Waals surface area contributed by atoms with Gasteiger partial charge in [0.25, 0.3) is 0 Å². The highest BCUT2D eigenvalue weighted by atomic mass is 16.5. The molecule has 1 aliphatic heterocycles. The van der Waals surface area contributed by atoms with Crippen LogP contribution in [0.1, 0.15) is 30.9 Å². The molecule has 3 nitrogen and oxygen atoms in total. The zero-order valence-electron chi connectivity index (χ0n) is 12.7. The summed E-state index contributed by atoms with van der Waals surface area (Å²) < 4.78 is 5.50. The van der Waals surface area contributed by atoms with E-state index in [9.17, 15) is 0 Å². The van der Waals surface area contributed by atoms with Crippen molar-refractivity contribution >= 4 is 0 Å². The zero-order chi connectivity index (χ0) is 14.0. The van der Waals surface area contributed by atoms with Gasteiger partial charge in [-0.25, -0.2) is 0 Å². The fourth-order valence-corrected chi connectivity index (χ4v) is 2.56. The number of rotatable bonds is 7. The lowest BCUT2D eigenvalue weighted by molar-refractivity contribution is 0.140.